The van der Waals surface area contributed by atoms with Crippen LogP contribution in [-0.2, 0) is 19.0 Å². The van der Waals surface area contributed by atoms with Crippen LogP contribution in [0.15, 0.2) is 18.3 Å². The summed E-state index contributed by atoms with van der Waals surface area (Å²) in [7, 11) is 1.42. The number of amides is 1. The molecule has 3 unspecified atom stereocenters. The van der Waals surface area contributed by atoms with Gasteiger partial charge in [0.1, 0.15) is 11.8 Å². The Balaban J connectivity index is 1.53. The molecule has 2 aliphatic heterocycles. The Bertz CT molecular complexity index is 935. The zero-order valence-corrected chi connectivity index (χ0v) is 16.5. The van der Waals surface area contributed by atoms with Crippen LogP contribution in [0.25, 0.3) is 11.3 Å². The van der Waals surface area contributed by atoms with Crippen molar-refractivity contribution in [1.29, 1.82) is 0 Å². The standard InChI is InChI=1S/C19H21F3N4O5/c1-29-17-14(2-3-31-18(17)19(28)23-13-7-30-8-15(13)27)26-6-12(24-25-26)9-4-10(20)16(22)11(21)5-9/h4-6,13-15,17-18,27H,2-3,7-8H2,1H3,(H,23,28)/t13-,14?,15-,17?,18?/m0/s1. The Morgan fingerprint density at radius 3 is 2.68 bits per heavy atom. The van der Waals surface area contributed by atoms with Crippen molar-refractivity contribution < 1.29 is 37.3 Å². The Hall–Kier alpha value is -2.54. The van der Waals surface area contributed by atoms with Crippen LogP contribution in [0.4, 0.5) is 13.2 Å². The molecule has 2 N–H and O–H groups in total. The van der Waals surface area contributed by atoms with E-state index in [1.165, 1.54) is 18.0 Å². The number of hydrogen-bond donors (Lipinski definition) is 2. The molecule has 1 aromatic carbocycles. The molecule has 2 saturated heterocycles. The van der Waals surface area contributed by atoms with Crippen molar-refractivity contribution in [3.63, 3.8) is 0 Å². The molecule has 3 heterocycles. The minimum atomic E-state index is -1.56. The summed E-state index contributed by atoms with van der Waals surface area (Å²) in [6, 6.07) is 0.650. The Labute approximate surface area is 175 Å². The van der Waals surface area contributed by atoms with Crippen molar-refractivity contribution in [2.45, 2.75) is 36.8 Å². The maximum absolute atomic E-state index is 13.6. The van der Waals surface area contributed by atoms with E-state index in [1.807, 2.05) is 0 Å². The fourth-order valence-corrected chi connectivity index (χ4v) is 3.79. The Morgan fingerprint density at radius 1 is 1.29 bits per heavy atom. The van der Waals surface area contributed by atoms with E-state index in [4.69, 9.17) is 14.2 Å². The number of methoxy groups -OCH3 is 1. The first kappa shape index (κ1) is 21.7. The summed E-state index contributed by atoms with van der Waals surface area (Å²) in [6.07, 6.45) is -0.655. The van der Waals surface area contributed by atoms with Crippen LogP contribution in [0.3, 0.4) is 0 Å². The van der Waals surface area contributed by atoms with E-state index in [0.29, 0.717) is 6.42 Å². The molecule has 0 bridgehead atoms. The number of aliphatic hydroxyl groups is 1. The van der Waals surface area contributed by atoms with E-state index in [0.717, 1.165) is 12.1 Å². The van der Waals surface area contributed by atoms with Crippen LogP contribution in [0.5, 0.6) is 0 Å². The third kappa shape index (κ3) is 4.28. The summed E-state index contributed by atoms with van der Waals surface area (Å²) in [5.74, 6) is -4.69. The molecule has 4 rings (SSSR count). The number of nitrogens with zero attached hydrogens (tertiary/aromatic N) is 3. The number of ether oxygens (including phenoxy) is 3. The van der Waals surface area contributed by atoms with E-state index in [1.54, 1.807) is 0 Å². The number of aliphatic hydroxyl groups excluding tert-OH is 1. The van der Waals surface area contributed by atoms with Gasteiger partial charge in [-0.2, -0.15) is 0 Å². The van der Waals surface area contributed by atoms with Crippen molar-refractivity contribution in [2.24, 2.45) is 0 Å². The maximum atomic E-state index is 13.6. The van der Waals surface area contributed by atoms with E-state index < -0.39 is 53.8 Å². The summed E-state index contributed by atoms with van der Waals surface area (Å²) in [5, 5.41) is 20.5. The van der Waals surface area contributed by atoms with Crippen LogP contribution in [0, 0.1) is 17.5 Å². The van der Waals surface area contributed by atoms with Crippen molar-refractivity contribution >= 4 is 5.91 Å². The average Bonchev–Trinajstić information content (AvgIpc) is 3.40. The molecule has 0 aliphatic carbocycles. The summed E-state index contributed by atoms with van der Waals surface area (Å²) >= 11 is 0. The smallest absolute Gasteiger partial charge is 0.252 e. The topological polar surface area (TPSA) is 108 Å². The molecule has 1 amide bonds. The summed E-state index contributed by atoms with van der Waals surface area (Å²) in [6.45, 7) is 0.554. The zero-order valence-electron chi connectivity index (χ0n) is 16.5. The molecule has 12 heteroatoms. The Kier molecular flexibility index (Phi) is 6.23. The third-order valence-corrected chi connectivity index (χ3v) is 5.43. The number of aromatic nitrogens is 3. The van der Waals surface area contributed by atoms with Crippen molar-refractivity contribution in [3.05, 3.63) is 35.8 Å². The second-order valence-electron chi connectivity index (χ2n) is 7.41. The molecule has 31 heavy (non-hydrogen) atoms. The van der Waals surface area contributed by atoms with Gasteiger partial charge in [0.25, 0.3) is 5.91 Å². The lowest BCUT2D eigenvalue weighted by Gasteiger charge is -2.36. The zero-order chi connectivity index (χ0) is 22.1. The van der Waals surface area contributed by atoms with Gasteiger partial charge in [0.15, 0.2) is 23.6 Å². The van der Waals surface area contributed by atoms with Gasteiger partial charge < -0.3 is 24.6 Å². The fourth-order valence-electron chi connectivity index (χ4n) is 3.79. The monoisotopic (exact) mass is 442 g/mol. The number of nitrogens with one attached hydrogen (secondary N) is 1. The van der Waals surface area contributed by atoms with E-state index in [-0.39, 0.29) is 31.1 Å². The van der Waals surface area contributed by atoms with Gasteiger partial charge in [-0.05, 0) is 18.6 Å². The van der Waals surface area contributed by atoms with Gasteiger partial charge >= 0.3 is 0 Å². The van der Waals surface area contributed by atoms with Gasteiger partial charge in [-0.1, -0.05) is 5.21 Å². The highest BCUT2D eigenvalue weighted by Gasteiger charge is 2.42. The second-order valence-corrected chi connectivity index (χ2v) is 7.41. The minimum Gasteiger partial charge on any atom is -0.388 e. The van der Waals surface area contributed by atoms with Gasteiger partial charge in [-0.15, -0.1) is 5.10 Å². The summed E-state index contributed by atoms with van der Waals surface area (Å²) in [5.41, 5.74) is 0.152. The molecule has 0 spiro atoms. The lowest BCUT2D eigenvalue weighted by Crippen LogP contribution is -2.55. The highest BCUT2D eigenvalue weighted by molar-refractivity contribution is 5.82. The maximum Gasteiger partial charge on any atom is 0.252 e. The number of hydrogen-bond acceptors (Lipinski definition) is 7. The van der Waals surface area contributed by atoms with Crippen molar-refractivity contribution in [2.75, 3.05) is 26.9 Å². The van der Waals surface area contributed by atoms with Crippen LogP contribution in [0.1, 0.15) is 12.5 Å². The van der Waals surface area contributed by atoms with Crippen LogP contribution in [-0.4, -0.2) is 77.3 Å². The molecule has 2 fully saturated rings. The summed E-state index contributed by atoms with van der Waals surface area (Å²) in [4.78, 5) is 12.7. The molecule has 5 atom stereocenters. The number of benzene rings is 1. The van der Waals surface area contributed by atoms with Gasteiger partial charge in [0.05, 0.1) is 37.6 Å². The first-order valence-electron chi connectivity index (χ1n) is 9.66. The van der Waals surface area contributed by atoms with Crippen LogP contribution < -0.4 is 5.32 Å². The lowest BCUT2D eigenvalue weighted by atomic mass is 9.98. The van der Waals surface area contributed by atoms with Crippen LogP contribution in [0.2, 0.25) is 0 Å². The molecule has 1 aromatic heterocycles. The quantitative estimate of drug-likeness (QED) is 0.653. The van der Waals surface area contributed by atoms with E-state index in [2.05, 4.69) is 15.6 Å². The number of rotatable bonds is 5. The minimum absolute atomic E-state index is 0.0215. The second kappa shape index (κ2) is 8.91. The molecule has 2 aliphatic rings. The predicted octanol–water partition coefficient (Wildman–Crippen LogP) is 0.583. The van der Waals surface area contributed by atoms with Gasteiger partial charge in [0.2, 0.25) is 0 Å². The van der Waals surface area contributed by atoms with E-state index >= 15 is 0 Å². The average molecular weight is 442 g/mol. The molecular weight excluding hydrogens is 421 g/mol. The number of carbonyl (C=O) groups excluding carboxylic acids is 1. The molecule has 168 valence electrons. The third-order valence-electron chi connectivity index (χ3n) is 5.43. The van der Waals surface area contributed by atoms with Crippen molar-refractivity contribution in [1.82, 2.24) is 20.3 Å². The molecule has 0 saturated carbocycles. The molecule has 0 radical (unpaired) electrons. The number of halogens is 3. The molecule has 2 aromatic rings. The van der Waals surface area contributed by atoms with Gasteiger partial charge in [-0.3, -0.25) is 4.79 Å². The van der Waals surface area contributed by atoms with Gasteiger partial charge in [-0.25, -0.2) is 17.9 Å². The fraction of sp³-hybridized carbons (Fsp3) is 0.526. The SMILES string of the molecule is COC1C(C(=O)N[C@H]2COC[C@@H]2O)OCCC1n1cc(-c2cc(F)c(F)c(F)c2)nn1. The normalized spacial score (nSPS) is 28.6. The van der Waals surface area contributed by atoms with Crippen LogP contribution >= 0.6 is 0 Å². The van der Waals surface area contributed by atoms with E-state index in [9.17, 15) is 23.1 Å². The first-order chi connectivity index (χ1) is 14.9. The van der Waals surface area contributed by atoms with Crippen molar-refractivity contribution in [3.8, 4) is 11.3 Å². The lowest BCUT2D eigenvalue weighted by molar-refractivity contribution is -0.158. The highest BCUT2D eigenvalue weighted by atomic mass is 19.2. The first-order valence-corrected chi connectivity index (χ1v) is 9.66. The van der Waals surface area contributed by atoms with Gasteiger partial charge in [0, 0.05) is 19.3 Å². The largest absolute Gasteiger partial charge is 0.388 e. The molecule has 9 nitrogen and oxygen atoms in total. The highest BCUT2D eigenvalue weighted by Crippen LogP contribution is 2.30. The summed E-state index contributed by atoms with van der Waals surface area (Å²) < 4.78 is 58.0. The predicted molar refractivity (Wildman–Crippen MR) is 98.3 cm³/mol. The Morgan fingerprint density at radius 2 is 2.03 bits per heavy atom. The molecular formula is C19H21F3N4O5. The number of carbonyl (C=O) groups is 1.